The van der Waals surface area contributed by atoms with Gasteiger partial charge in [-0.15, -0.1) is 0 Å². The smallest absolute Gasteiger partial charge is 0.296 e. The van der Waals surface area contributed by atoms with Crippen molar-refractivity contribution in [1.82, 2.24) is 0 Å². The van der Waals surface area contributed by atoms with Gasteiger partial charge in [-0.1, -0.05) is 3.67 Å². The van der Waals surface area contributed by atoms with Crippen molar-refractivity contribution in [2.45, 2.75) is 4.90 Å². The molecule has 1 aromatic carbocycles. The molecule has 0 radical (unpaired) electrons. The number of phenols is 1. The van der Waals surface area contributed by atoms with Crippen molar-refractivity contribution in [3.05, 3.63) is 21.3 Å². The van der Waals surface area contributed by atoms with E-state index in [2.05, 4.69) is 13.9 Å². The number of phenolic OH excluding ortho intramolecular Hbond substituents is 1. The zero-order chi connectivity index (χ0) is 14.0. The van der Waals surface area contributed by atoms with Gasteiger partial charge in [-0.3, -0.25) is 4.55 Å². The first-order valence-corrected chi connectivity index (χ1v) is 8.76. The lowest BCUT2D eigenvalue weighted by Gasteiger charge is -2.10. The highest BCUT2D eigenvalue weighted by atomic mass is 127. The molecule has 0 aliphatic carbocycles. The largest absolute Gasteiger partial charge is 0.505 e. The molecule has 2 rings (SSSR count). The van der Waals surface area contributed by atoms with Crippen LogP contribution in [0.15, 0.2) is 25.3 Å². The molecule has 0 saturated heterocycles. The van der Waals surface area contributed by atoms with Gasteiger partial charge in [-0.2, -0.15) is 18.6 Å². The van der Waals surface area contributed by atoms with Gasteiger partial charge in [0.1, 0.15) is 10.6 Å². The molecule has 1 aliphatic rings. The van der Waals surface area contributed by atoms with Gasteiger partial charge in [-0.25, -0.2) is 0 Å². The Balaban J connectivity index is 2.90. The number of fused-ring (bicyclic) bond motifs is 1. The van der Waals surface area contributed by atoms with Crippen molar-refractivity contribution in [3.8, 4) is 5.75 Å². The molecule has 2 N–H and O–H groups in total. The Labute approximate surface area is 119 Å². The number of aromatic hydroxyl groups is 1. The van der Waals surface area contributed by atoms with Crippen LogP contribution in [0.1, 0.15) is 11.1 Å². The maximum Gasteiger partial charge on any atom is 0.296 e. The number of azo groups is 1. The molecule has 19 heavy (non-hydrogen) atoms. The predicted molar refractivity (Wildman–Crippen MR) is 80.9 cm³/mol. The summed E-state index contributed by atoms with van der Waals surface area (Å²) in [7, 11) is -3.16. The number of hydrogen-bond acceptors (Lipinski definition) is 5. The second-order valence-corrected chi connectivity index (χ2v) is 6.86. The first kappa shape index (κ1) is 14.1. The lowest BCUT2D eigenvalue weighted by atomic mass is 10.1. The van der Waals surface area contributed by atoms with Crippen LogP contribution in [0.5, 0.6) is 5.75 Å². The van der Waals surface area contributed by atoms with Crippen LogP contribution in [-0.4, -0.2) is 28.8 Å². The summed E-state index contributed by atoms with van der Waals surface area (Å²) < 4.78 is 36.8. The summed E-state index contributed by atoms with van der Waals surface area (Å²) in [4.78, 5) is -0.471. The van der Waals surface area contributed by atoms with Gasteiger partial charge in [-0.05, 0) is 48.6 Å². The van der Waals surface area contributed by atoms with Crippen LogP contribution < -0.4 is 0 Å². The highest BCUT2D eigenvalue weighted by Crippen LogP contribution is 2.41. The Morgan fingerprint density at radius 3 is 2.79 bits per heavy atom. The zero-order valence-electron chi connectivity index (χ0n) is 9.70. The van der Waals surface area contributed by atoms with Gasteiger partial charge in [0.25, 0.3) is 10.1 Å². The van der Waals surface area contributed by atoms with Crippen molar-refractivity contribution < 1.29 is 18.1 Å². The Morgan fingerprint density at radius 1 is 1.42 bits per heavy atom. The molecule has 0 aromatic heterocycles. The normalized spacial score (nSPS) is 14.2. The molecule has 0 saturated carbocycles. The van der Waals surface area contributed by atoms with Crippen LogP contribution in [0, 0.1) is 0 Å². The average molecular weight is 392 g/mol. The van der Waals surface area contributed by atoms with Crippen molar-refractivity contribution in [2.24, 2.45) is 10.2 Å². The summed E-state index contributed by atoms with van der Waals surface area (Å²) >= 11 is -0.394. The summed E-state index contributed by atoms with van der Waals surface area (Å²) in [6, 6.07) is 1.25. The Bertz CT molecular complexity index is 759. The van der Waals surface area contributed by atoms with Crippen molar-refractivity contribution in [3.63, 3.8) is 0 Å². The van der Waals surface area contributed by atoms with E-state index in [4.69, 9.17) is 0 Å². The molecule has 8 heteroatoms. The second kappa shape index (κ2) is 5.33. The molecule has 0 fully saturated rings. The standard InChI is InChI=1S/C11H9IN2O4S/c1-13-14-10-9(19(16,17)18)6-7-2-4-12-5-3-8(7)11(10)15/h2-3,5-6,15H,1H3,(H,16,17,18). The third-order valence-electron chi connectivity index (χ3n) is 2.35. The highest BCUT2D eigenvalue weighted by molar-refractivity contribution is 14.2. The van der Waals surface area contributed by atoms with E-state index < -0.39 is 35.7 Å². The molecule has 0 bridgehead atoms. The maximum absolute atomic E-state index is 11.3. The van der Waals surface area contributed by atoms with Crippen LogP contribution >= 0.6 is 20.7 Å². The fraction of sp³-hybridized carbons (Fsp3) is 0.0909. The molecule has 1 aromatic rings. The molecular weight excluding hydrogens is 383 g/mol. The molecule has 0 atom stereocenters. The third kappa shape index (κ3) is 2.81. The monoisotopic (exact) mass is 392 g/mol. The first-order valence-electron chi connectivity index (χ1n) is 5.00. The van der Waals surface area contributed by atoms with E-state index in [1.807, 2.05) is 4.08 Å². The van der Waals surface area contributed by atoms with Crippen molar-refractivity contribution >= 4 is 52.4 Å². The van der Waals surface area contributed by atoms with E-state index in [9.17, 15) is 18.1 Å². The van der Waals surface area contributed by atoms with Crippen LogP contribution in [0.2, 0.25) is 0 Å². The predicted octanol–water partition coefficient (Wildman–Crippen LogP) is 2.72. The Hall–Kier alpha value is -1.35. The van der Waals surface area contributed by atoms with E-state index in [0.717, 1.165) is 0 Å². The van der Waals surface area contributed by atoms with Crippen LogP contribution in [0.3, 0.4) is 0 Å². The van der Waals surface area contributed by atoms with Gasteiger partial charge in [0, 0.05) is 12.6 Å². The minimum atomic E-state index is -4.50. The quantitative estimate of drug-likeness (QED) is 0.459. The number of rotatable bonds is 2. The summed E-state index contributed by atoms with van der Waals surface area (Å²) in [6.45, 7) is 0. The first-order chi connectivity index (χ1) is 8.95. The minimum absolute atomic E-state index is 0.262. The van der Waals surface area contributed by atoms with Gasteiger partial charge in [0.2, 0.25) is 0 Å². The molecule has 0 unspecified atom stereocenters. The van der Waals surface area contributed by atoms with Crippen LogP contribution in [0.25, 0.3) is 12.2 Å². The third-order valence-corrected chi connectivity index (χ3v) is 4.61. The Morgan fingerprint density at radius 2 is 2.16 bits per heavy atom. The van der Waals surface area contributed by atoms with Gasteiger partial charge < -0.3 is 5.11 Å². The van der Waals surface area contributed by atoms with E-state index in [1.165, 1.54) is 13.1 Å². The summed E-state index contributed by atoms with van der Waals surface area (Å²) in [5.74, 6) is -0.323. The summed E-state index contributed by atoms with van der Waals surface area (Å²) in [6.07, 6.45) is 3.29. The fourth-order valence-electron chi connectivity index (χ4n) is 1.58. The summed E-state index contributed by atoms with van der Waals surface area (Å²) in [5.41, 5.74) is 0.648. The van der Waals surface area contributed by atoms with E-state index in [0.29, 0.717) is 11.1 Å². The van der Waals surface area contributed by atoms with Gasteiger partial charge in [0.05, 0.1) is 0 Å². The van der Waals surface area contributed by atoms with Crippen molar-refractivity contribution in [2.75, 3.05) is 7.05 Å². The lowest BCUT2D eigenvalue weighted by molar-refractivity contribution is 0.466. The molecule has 1 heterocycles. The SMILES string of the molecule is CN=Nc1c(S(=O)(=O)O)cc2c(c1O)C=CI=C=C2. The molecule has 100 valence electrons. The topological polar surface area (TPSA) is 99.3 Å². The lowest BCUT2D eigenvalue weighted by Crippen LogP contribution is -2.00. The second-order valence-electron chi connectivity index (χ2n) is 3.51. The van der Waals surface area contributed by atoms with E-state index >= 15 is 0 Å². The number of nitrogens with zero attached hydrogens (tertiary/aromatic N) is 2. The Kier molecular flexibility index (Phi) is 3.95. The minimum Gasteiger partial charge on any atom is -0.505 e. The molecule has 0 spiro atoms. The number of hydrogen-bond donors (Lipinski definition) is 2. The number of benzene rings is 1. The molecular formula is C11H9IN2O4S. The van der Waals surface area contributed by atoms with E-state index in [1.54, 1.807) is 12.2 Å². The molecule has 0 amide bonds. The molecule has 6 nitrogen and oxygen atoms in total. The highest BCUT2D eigenvalue weighted by Gasteiger charge is 2.23. The van der Waals surface area contributed by atoms with Crippen LogP contribution in [0.4, 0.5) is 5.69 Å². The van der Waals surface area contributed by atoms with Crippen LogP contribution in [-0.2, 0) is 10.1 Å². The van der Waals surface area contributed by atoms with E-state index in [-0.39, 0.29) is 11.4 Å². The van der Waals surface area contributed by atoms with Gasteiger partial charge in [0.15, 0.2) is 5.75 Å². The summed E-state index contributed by atoms with van der Waals surface area (Å²) in [5, 5.41) is 17.2. The zero-order valence-corrected chi connectivity index (χ0v) is 12.7. The van der Waals surface area contributed by atoms with Crippen molar-refractivity contribution in [1.29, 1.82) is 0 Å². The maximum atomic E-state index is 11.3. The fourth-order valence-corrected chi connectivity index (χ4v) is 3.50. The average Bonchev–Trinajstić information content (AvgIpc) is 2.56. The van der Waals surface area contributed by atoms with Gasteiger partial charge >= 0.3 is 0 Å². The number of halogens is 1. The molecule has 1 aliphatic heterocycles.